The summed E-state index contributed by atoms with van der Waals surface area (Å²) in [5.41, 5.74) is 1.44. The third-order valence-electron chi connectivity index (χ3n) is 1.81. The number of carbonyl (C=O) groups is 1. The van der Waals surface area contributed by atoms with Crippen LogP contribution in [0, 0.1) is 0 Å². The number of carbonyl (C=O) groups excluding carboxylic acids is 1. The second-order valence-electron chi connectivity index (χ2n) is 2.91. The van der Waals surface area contributed by atoms with Crippen LogP contribution in [0.15, 0.2) is 22.7 Å². The van der Waals surface area contributed by atoms with Crippen LogP contribution in [0.1, 0.15) is 11.1 Å². The predicted molar refractivity (Wildman–Crippen MR) is 58.4 cm³/mol. The predicted octanol–water partition coefficient (Wildman–Crippen LogP) is 3.27. The molecule has 0 N–H and O–H groups in total. The monoisotopic (exact) mass is 278 g/mol. The SMILES string of the molecule is O=C(CCl)Cc1ccc(CF)c(Br)c1. The maximum absolute atomic E-state index is 12.3. The normalized spacial score (nSPS) is 10.2. The van der Waals surface area contributed by atoms with Crippen molar-refractivity contribution in [2.75, 3.05) is 5.88 Å². The molecule has 0 spiro atoms. The second-order valence-corrected chi connectivity index (χ2v) is 4.03. The highest BCUT2D eigenvalue weighted by Crippen LogP contribution is 2.20. The molecular formula is C10H9BrClFO. The van der Waals surface area contributed by atoms with Crippen molar-refractivity contribution in [2.45, 2.75) is 13.1 Å². The van der Waals surface area contributed by atoms with Crippen LogP contribution in [0.4, 0.5) is 4.39 Å². The summed E-state index contributed by atoms with van der Waals surface area (Å²) in [5.74, 6) is -0.0192. The molecule has 4 heteroatoms. The van der Waals surface area contributed by atoms with Crippen molar-refractivity contribution in [1.82, 2.24) is 0 Å². The Labute approximate surface area is 95.4 Å². The molecular weight excluding hydrogens is 270 g/mol. The van der Waals surface area contributed by atoms with E-state index in [1.54, 1.807) is 18.2 Å². The summed E-state index contributed by atoms with van der Waals surface area (Å²) in [6, 6.07) is 5.16. The van der Waals surface area contributed by atoms with Crippen molar-refractivity contribution in [3.05, 3.63) is 33.8 Å². The van der Waals surface area contributed by atoms with Crippen molar-refractivity contribution in [2.24, 2.45) is 0 Å². The first-order chi connectivity index (χ1) is 6.67. The van der Waals surface area contributed by atoms with E-state index in [0.29, 0.717) is 16.5 Å². The highest BCUT2D eigenvalue weighted by molar-refractivity contribution is 9.10. The highest BCUT2D eigenvalue weighted by Gasteiger charge is 2.05. The molecule has 1 nitrogen and oxygen atoms in total. The van der Waals surface area contributed by atoms with E-state index >= 15 is 0 Å². The lowest BCUT2D eigenvalue weighted by Gasteiger charge is -2.03. The molecule has 0 aliphatic rings. The summed E-state index contributed by atoms with van der Waals surface area (Å²) >= 11 is 8.61. The maximum Gasteiger partial charge on any atom is 0.151 e. The molecule has 1 rings (SSSR count). The first-order valence-electron chi connectivity index (χ1n) is 4.08. The molecule has 76 valence electrons. The van der Waals surface area contributed by atoms with E-state index in [0.717, 1.165) is 5.56 Å². The number of ketones is 1. The largest absolute Gasteiger partial charge is 0.298 e. The van der Waals surface area contributed by atoms with E-state index in [2.05, 4.69) is 15.9 Å². The fourth-order valence-electron chi connectivity index (χ4n) is 1.08. The van der Waals surface area contributed by atoms with Crippen LogP contribution < -0.4 is 0 Å². The Morgan fingerprint density at radius 2 is 2.21 bits per heavy atom. The molecule has 0 aromatic heterocycles. The molecule has 0 atom stereocenters. The average Bonchev–Trinajstić information content (AvgIpc) is 2.18. The average molecular weight is 280 g/mol. The quantitative estimate of drug-likeness (QED) is 0.773. The maximum atomic E-state index is 12.3. The summed E-state index contributed by atoms with van der Waals surface area (Å²) in [6.45, 7) is -0.510. The molecule has 0 fully saturated rings. The number of halogens is 3. The topological polar surface area (TPSA) is 17.1 Å². The van der Waals surface area contributed by atoms with Crippen LogP contribution in [0.3, 0.4) is 0 Å². The number of rotatable bonds is 4. The van der Waals surface area contributed by atoms with Crippen molar-refractivity contribution in [3.63, 3.8) is 0 Å². The lowest BCUT2D eigenvalue weighted by molar-refractivity contribution is -0.116. The van der Waals surface area contributed by atoms with Crippen molar-refractivity contribution >= 4 is 33.3 Å². The summed E-state index contributed by atoms with van der Waals surface area (Å²) in [5, 5.41) is 0. The molecule has 14 heavy (non-hydrogen) atoms. The Kier molecular flexibility index (Phi) is 4.55. The zero-order chi connectivity index (χ0) is 10.6. The van der Waals surface area contributed by atoms with Crippen molar-refractivity contribution < 1.29 is 9.18 Å². The van der Waals surface area contributed by atoms with Crippen LogP contribution in [-0.4, -0.2) is 11.7 Å². The van der Waals surface area contributed by atoms with Gasteiger partial charge in [-0.25, -0.2) is 4.39 Å². The van der Waals surface area contributed by atoms with Crippen molar-refractivity contribution in [1.29, 1.82) is 0 Å². The molecule has 1 aromatic rings. The van der Waals surface area contributed by atoms with E-state index in [1.165, 1.54) is 0 Å². The lowest BCUT2D eigenvalue weighted by Crippen LogP contribution is -2.03. The van der Waals surface area contributed by atoms with Crippen LogP contribution >= 0.6 is 27.5 Å². The van der Waals surface area contributed by atoms with Gasteiger partial charge in [-0.2, -0.15) is 0 Å². The minimum Gasteiger partial charge on any atom is -0.298 e. The van der Waals surface area contributed by atoms with Gasteiger partial charge in [-0.3, -0.25) is 4.79 Å². The standard InChI is InChI=1S/C10H9BrClFO/c11-10-4-7(3-9(14)5-12)1-2-8(10)6-13/h1-2,4H,3,5-6H2. The summed E-state index contributed by atoms with van der Waals surface area (Å²) < 4.78 is 13.0. The van der Waals surface area contributed by atoms with E-state index in [9.17, 15) is 9.18 Å². The van der Waals surface area contributed by atoms with Gasteiger partial charge in [0.25, 0.3) is 0 Å². The first kappa shape index (κ1) is 11.7. The van der Waals surface area contributed by atoms with Gasteiger partial charge in [0.15, 0.2) is 5.78 Å². The minimum absolute atomic E-state index is 0.0164. The zero-order valence-corrected chi connectivity index (χ0v) is 9.74. The van der Waals surface area contributed by atoms with Gasteiger partial charge >= 0.3 is 0 Å². The second kappa shape index (κ2) is 5.47. The van der Waals surface area contributed by atoms with Gasteiger partial charge in [0, 0.05) is 10.9 Å². The van der Waals surface area contributed by atoms with Crippen LogP contribution in [0.2, 0.25) is 0 Å². The molecule has 1 aromatic carbocycles. The van der Waals surface area contributed by atoms with Crippen LogP contribution in [0.5, 0.6) is 0 Å². The third kappa shape index (κ3) is 3.07. The number of alkyl halides is 2. The Bertz CT molecular complexity index is 341. The minimum atomic E-state index is -0.510. The molecule has 0 aliphatic heterocycles. The molecule has 0 amide bonds. The summed E-state index contributed by atoms with van der Waals surface area (Å²) in [7, 11) is 0. The Balaban J connectivity index is 2.81. The number of hydrogen-bond donors (Lipinski definition) is 0. The van der Waals surface area contributed by atoms with Gasteiger partial charge in [-0.1, -0.05) is 28.1 Å². The summed E-state index contributed by atoms with van der Waals surface area (Å²) in [4.78, 5) is 11.0. The smallest absolute Gasteiger partial charge is 0.151 e. The molecule has 0 saturated carbocycles. The van der Waals surface area contributed by atoms with Crippen LogP contribution in [-0.2, 0) is 17.9 Å². The van der Waals surface area contributed by atoms with Crippen LogP contribution in [0.25, 0.3) is 0 Å². The number of benzene rings is 1. The summed E-state index contributed by atoms with van der Waals surface area (Å²) in [6.07, 6.45) is 0.300. The van der Waals surface area contributed by atoms with Gasteiger partial charge in [-0.05, 0) is 17.2 Å². The van der Waals surface area contributed by atoms with Gasteiger partial charge < -0.3 is 0 Å². The third-order valence-corrected chi connectivity index (χ3v) is 2.85. The number of hydrogen-bond acceptors (Lipinski definition) is 1. The molecule has 0 saturated heterocycles. The molecule has 0 aliphatic carbocycles. The van der Waals surface area contributed by atoms with Gasteiger partial charge in [-0.15, -0.1) is 11.6 Å². The molecule has 0 bridgehead atoms. The Morgan fingerprint density at radius 1 is 1.50 bits per heavy atom. The highest BCUT2D eigenvalue weighted by atomic mass is 79.9. The molecule has 0 heterocycles. The van der Waals surface area contributed by atoms with E-state index in [4.69, 9.17) is 11.6 Å². The van der Waals surface area contributed by atoms with E-state index in [-0.39, 0.29) is 11.7 Å². The van der Waals surface area contributed by atoms with Gasteiger partial charge in [0.1, 0.15) is 6.67 Å². The number of Topliss-reactive ketones (excluding diaryl/α,β-unsaturated/α-hetero) is 1. The molecule has 0 unspecified atom stereocenters. The van der Waals surface area contributed by atoms with E-state index < -0.39 is 6.67 Å². The Morgan fingerprint density at radius 3 is 2.71 bits per heavy atom. The molecule has 0 radical (unpaired) electrons. The fourth-order valence-corrected chi connectivity index (χ4v) is 1.71. The van der Waals surface area contributed by atoms with Gasteiger partial charge in [0.2, 0.25) is 0 Å². The van der Waals surface area contributed by atoms with Crippen molar-refractivity contribution in [3.8, 4) is 0 Å². The zero-order valence-electron chi connectivity index (χ0n) is 7.40. The lowest BCUT2D eigenvalue weighted by atomic mass is 10.1. The van der Waals surface area contributed by atoms with Gasteiger partial charge in [0.05, 0.1) is 5.88 Å². The Hall–Kier alpha value is -0.410. The first-order valence-corrected chi connectivity index (χ1v) is 5.41. The fraction of sp³-hybridized carbons (Fsp3) is 0.300. The van der Waals surface area contributed by atoms with E-state index in [1.807, 2.05) is 0 Å².